The zero-order valence-electron chi connectivity index (χ0n) is 9.17. The molecule has 0 saturated carbocycles. The lowest BCUT2D eigenvalue weighted by Gasteiger charge is -2.01. The number of carbonyl (C=O) groups is 1. The Morgan fingerprint density at radius 3 is 2.12 bits per heavy atom. The Labute approximate surface area is 106 Å². The van der Waals surface area contributed by atoms with Crippen LogP contribution in [0.3, 0.4) is 0 Å². The van der Waals surface area contributed by atoms with Crippen molar-refractivity contribution in [3.05, 3.63) is 65.7 Å². The van der Waals surface area contributed by atoms with E-state index < -0.39 is 0 Å². The first kappa shape index (κ1) is 13.3. The number of aromatic hydroxyl groups is 1. The van der Waals surface area contributed by atoms with E-state index in [1.54, 1.807) is 24.3 Å². The predicted molar refractivity (Wildman–Crippen MR) is 69.8 cm³/mol. The van der Waals surface area contributed by atoms with Crippen LogP contribution in [0.15, 0.2) is 54.6 Å². The summed E-state index contributed by atoms with van der Waals surface area (Å²) in [4.78, 5) is 11.8. The molecular weight excluding hydrogens is 236 g/mol. The number of carbonyl (C=O) groups excluding carboxylic acids is 1. The topological polar surface area (TPSA) is 37.3 Å². The van der Waals surface area contributed by atoms with Gasteiger partial charge >= 0.3 is 0 Å². The van der Waals surface area contributed by atoms with E-state index >= 15 is 0 Å². The van der Waals surface area contributed by atoms with E-state index in [4.69, 9.17) is 5.11 Å². The molecule has 2 nitrogen and oxygen atoms in total. The highest BCUT2D eigenvalue weighted by atomic mass is 35.5. The van der Waals surface area contributed by atoms with Gasteiger partial charge in [-0.2, -0.15) is 0 Å². The molecule has 0 aromatic heterocycles. The summed E-state index contributed by atoms with van der Waals surface area (Å²) in [5.74, 6) is 0.308. The summed E-state index contributed by atoms with van der Waals surface area (Å²) in [6.07, 6.45) is 0.365. The fourth-order valence-corrected chi connectivity index (χ4v) is 1.53. The molecule has 0 heterocycles. The van der Waals surface area contributed by atoms with Gasteiger partial charge in [0.25, 0.3) is 0 Å². The average molecular weight is 249 g/mol. The number of Topliss-reactive ketones (excluding diaryl/α,β-unsaturated/α-hetero) is 1. The van der Waals surface area contributed by atoms with Gasteiger partial charge in [-0.1, -0.05) is 42.5 Å². The lowest BCUT2D eigenvalue weighted by Crippen LogP contribution is -2.02. The summed E-state index contributed by atoms with van der Waals surface area (Å²) in [5.41, 5.74) is 1.63. The van der Waals surface area contributed by atoms with E-state index in [-0.39, 0.29) is 23.9 Å². The Hall–Kier alpha value is -1.80. The van der Waals surface area contributed by atoms with Crippen molar-refractivity contribution in [3.63, 3.8) is 0 Å². The summed E-state index contributed by atoms with van der Waals surface area (Å²) < 4.78 is 0. The van der Waals surface area contributed by atoms with E-state index in [1.165, 1.54) is 0 Å². The van der Waals surface area contributed by atoms with E-state index in [2.05, 4.69) is 0 Å². The molecule has 0 spiro atoms. The van der Waals surface area contributed by atoms with Crippen LogP contribution in [0.1, 0.15) is 15.9 Å². The highest BCUT2D eigenvalue weighted by Crippen LogP contribution is 2.12. The molecule has 0 unspecified atom stereocenters. The van der Waals surface area contributed by atoms with Crippen LogP contribution in [0.4, 0.5) is 0 Å². The van der Waals surface area contributed by atoms with Gasteiger partial charge in [-0.3, -0.25) is 4.79 Å². The molecule has 2 rings (SSSR count). The Balaban J connectivity index is 0.00000144. The van der Waals surface area contributed by atoms with Gasteiger partial charge < -0.3 is 5.11 Å². The van der Waals surface area contributed by atoms with Crippen molar-refractivity contribution in [1.82, 2.24) is 0 Å². The lowest BCUT2D eigenvalue weighted by molar-refractivity contribution is 0.0993. The number of hydrogen-bond donors (Lipinski definition) is 1. The van der Waals surface area contributed by atoms with Crippen LogP contribution in [-0.2, 0) is 6.42 Å². The van der Waals surface area contributed by atoms with E-state index in [0.29, 0.717) is 6.42 Å². The first-order valence-electron chi connectivity index (χ1n) is 5.12. The van der Waals surface area contributed by atoms with Crippen molar-refractivity contribution < 1.29 is 9.90 Å². The molecule has 0 aliphatic heterocycles. The van der Waals surface area contributed by atoms with Crippen LogP contribution < -0.4 is 0 Å². The fraction of sp³-hybridized carbons (Fsp3) is 0.0714. The number of phenols is 1. The second kappa shape index (κ2) is 6.06. The third kappa shape index (κ3) is 3.61. The summed E-state index contributed by atoms with van der Waals surface area (Å²) in [6, 6.07) is 15.9. The van der Waals surface area contributed by atoms with Crippen molar-refractivity contribution >= 4 is 18.2 Å². The smallest absolute Gasteiger partial charge is 0.167 e. The standard InChI is InChI=1S/C14H12O2.ClH/c15-13-8-6-11(7-9-13)10-14(16)12-4-2-1-3-5-12;/h1-9,15H,10H2;1H. The molecule has 3 heteroatoms. The van der Waals surface area contributed by atoms with Crippen LogP contribution in [0.5, 0.6) is 5.75 Å². The third-order valence-electron chi connectivity index (χ3n) is 2.40. The van der Waals surface area contributed by atoms with E-state index in [0.717, 1.165) is 11.1 Å². The van der Waals surface area contributed by atoms with E-state index in [1.807, 2.05) is 30.3 Å². The highest BCUT2D eigenvalue weighted by Gasteiger charge is 2.05. The van der Waals surface area contributed by atoms with Crippen molar-refractivity contribution in [2.45, 2.75) is 6.42 Å². The average Bonchev–Trinajstić information content (AvgIpc) is 2.33. The SMILES string of the molecule is Cl.O=C(Cc1ccc(O)cc1)c1ccccc1. The summed E-state index contributed by atoms with van der Waals surface area (Å²) in [6.45, 7) is 0. The van der Waals surface area contributed by atoms with Gasteiger partial charge in [0.15, 0.2) is 5.78 Å². The molecule has 0 radical (unpaired) electrons. The van der Waals surface area contributed by atoms with Gasteiger partial charge in [-0.15, -0.1) is 12.4 Å². The molecule has 88 valence electrons. The molecule has 2 aromatic carbocycles. The van der Waals surface area contributed by atoms with Gasteiger partial charge in [0, 0.05) is 12.0 Å². The number of halogens is 1. The first-order chi connectivity index (χ1) is 7.75. The van der Waals surface area contributed by atoms with Crippen LogP contribution in [-0.4, -0.2) is 10.9 Å². The maximum Gasteiger partial charge on any atom is 0.167 e. The Bertz CT molecular complexity index is 477. The highest BCUT2D eigenvalue weighted by molar-refractivity contribution is 5.97. The molecule has 0 atom stereocenters. The van der Waals surface area contributed by atoms with Gasteiger partial charge in [0.05, 0.1) is 0 Å². The molecule has 0 aliphatic carbocycles. The second-order valence-corrected chi connectivity index (χ2v) is 3.63. The van der Waals surface area contributed by atoms with Crippen molar-refractivity contribution in [2.75, 3.05) is 0 Å². The summed E-state index contributed by atoms with van der Waals surface area (Å²) >= 11 is 0. The van der Waals surface area contributed by atoms with Gasteiger partial charge in [-0.25, -0.2) is 0 Å². The third-order valence-corrected chi connectivity index (χ3v) is 2.40. The maximum atomic E-state index is 11.8. The Morgan fingerprint density at radius 1 is 0.941 bits per heavy atom. The van der Waals surface area contributed by atoms with Crippen LogP contribution in [0.2, 0.25) is 0 Å². The molecule has 2 aromatic rings. The number of ketones is 1. The van der Waals surface area contributed by atoms with E-state index in [9.17, 15) is 4.79 Å². The predicted octanol–water partition coefficient (Wildman–Crippen LogP) is 3.24. The van der Waals surface area contributed by atoms with Crippen LogP contribution in [0, 0.1) is 0 Å². The Kier molecular flexibility index (Phi) is 4.73. The largest absolute Gasteiger partial charge is 0.508 e. The van der Waals surface area contributed by atoms with Crippen molar-refractivity contribution in [3.8, 4) is 5.75 Å². The number of rotatable bonds is 3. The number of benzene rings is 2. The first-order valence-corrected chi connectivity index (χ1v) is 5.12. The Morgan fingerprint density at radius 2 is 1.53 bits per heavy atom. The van der Waals surface area contributed by atoms with Gasteiger partial charge in [-0.05, 0) is 17.7 Å². The van der Waals surface area contributed by atoms with Crippen molar-refractivity contribution in [1.29, 1.82) is 0 Å². The van der Waals surface area contributed by atoms with Crippen LogP contribution >= 0.6 is 12.4 Å². The molecule has 0 saturated heterocycles. The monoisotopic (exact) mass is 248 g/mol. The number of hydrogen-bond acceptors (Lipinski definition) is 2. The molecule has 0 aliphatic rings. The molecule has 0 amide bonds. The number of phenolic OH excluding ortho intramolecular Hbond substituents is 1. The normalized spacial score (nSPS) is 9.41. The quantitative estimate of drug-likeness (QED) is 0.847. The fourth-order valence-electron chi connectivity index (χ4n) is 1.53. The zero-order valence-corrected chi connectivity index (χ0v) is 9.98. The molecular formula is C14H13ClO2. The second-order valence-electron chi connectivity index (χ2n) is 3.63. The van der Waals surface area contributed by atoms with Gasteiger partial charge in [0.1, 0.15) is 5.75 Å². The summed E-state index contributed by atoms with van der Waals surface area (Å²) in [5, 5.41) is 9.12. The van der Waals surface area contributed by atoms with Crippen molar-refractivity contribution in [2.24, 2.45) is 0 Å². The summed E-state index contributed by atoms with van der Waals surface area (Å²) in [7, 11) is 0. The minimum atomic E-state index is 0. The molecule has 0 bridgehead atoms. The molecule has 1 N–H and O–H groups in total. The minimum absolute atomic E-state index is 0. The van der Waals surface area contributed by atoms with Crippen LogP contribution in [0.25, 0.3) is 0 Å². The lowest BCUT2D eigenvalue weighted by atomic mass is 10.0. The zero-order chi connectivity index (χ0) is 11.4. The maximum absolute atomic E-state index is 11.8. The minimum Gasteiger partial charge on any atom is -0.508 e. The molecule has 17 heavy (non-hydrogen) atoms. The van der Waals surface area contributed by atoms with Gasteiger partial charge in [0.2, 0.25) is 0 Å². The molecule has 0 fully saturated rings.